The van der Waals surface area contributed by atoms with E-state index in [1.807, 2.05) is 83.4 Å². The van der Waals surface area contributed by atoms with Crippen LogP contribution in [0.5, 0.6) is 0 Å². The maximum Gasteiger partial charge on any atom is 0.137 e. The SMILES string of the molecule is CN(C)c1ccc(/C=C/C2=CC(=C(C#N)C#N)C=C(CCC3(C)Cc4cc(/C=C/C5=CC(=C(C#N)C#N)C=C(C(C)(C)C)O5)cc5c4N(CCC5(C)C)C3)O2)cc1. The van der Waals surface area contributed by atoms with Gasteiger partial charge in [0.05, 0.1) is 0 Å². The van der Waals surface area contributed by atoms with Crippen molar-refractivity contribution < 1.29 is 9.47 Å². The van der Waals surface area contributed by atoms with Crippen LogP contribution in [0.4, 0.5) is 11.4 Å². The molecule has 0 saturated heterocycles. The third-order valence-corrected chi connectivity index (χ3v) is 11.2. The Morgan fingerprint density at radius 3 is 1.98 bits per heavy atom. The molecule has 0 aliphatic carbocycles. The van der Waals surface area contributed by atoms with E-state index in [0.717, 1.165) is 54.9 Å². The number of anilines is 2. The highest BCUT2D eigenvalue weighted by Gasteiger charge is 2.41. The van der Waals surface area contributed by atoms with Gasteiger partial charge in [0.25, 0.3) is 0 Å². The van der Waals surface area contributed by atoms with Gasteiger partial charge in [0.1, 0.15) is 58.5 Å². The lowest BCUT2D eigenvalue weighted by Crippen LogP contribution is -2.47. The molecule has 0 saturated carbocycles. The number of hydrogen-bond acceptors (Lipinski definition) is 8. The second kappa shape index (κ2) is 15.9. The van der Waals surface area contributed by atoms with Gasteiger partial charge in [-0.15, -0.1) is 0 Å². The van der Waals surface area contributed by atoms with Crippen molar-refractivity contribution in [3.8, 4) is 24.3 Å². The molecule has 0 amide bonds. The Labute approximate surface area is 338 Å². The van der Waals surface area contributed by atoms with E-state index in [1.54, 1.807) is 18.2 Å². The second-order valence-corrected chi connectivity index (χ2v) is 17.5. The van der Waals surface area contributed by atoms with Crippen molar-refractivity contribution in [1.82, 2.24) is 0 Å². The fourth-order valence-corrected chi connectivity index (χ4v) is 7.82. The Hall–Kier alpha value is -6.48. The van der Waals surface area contributed by atoms with E-state index in [0.29, 0.717) is 34.8 Å². The zero-order valence-corrected chi connectivity index (χ0v) is 34.3. The van der Waals surface area contributed by atoms with Gasteiger partial charge in [-0.2, -0.15) is 21.0 Å². The Morgan fingerprint density at radius 2 is 1.39 bits per heavy atom. The first kappa shape index (κ1) is 40.2. The lowest BCUT2D eigenvalue weighted by atomic mass is 9.69. The first-order chi connectivity index (χ1) is 27.0. The van der Waals surface area contributed by atoms with Gasteiger partial charge in [-0.3, -0.25) is 0 Å². The molecule has 0 bridgehead atoms. The molecule has 1 unspecified atom stereocenters. The molecule has 0 radical (unpaired) electrons. The van der Waals surface area contributed by atoms with Gasteiger partial charge < -0.3 is 19.3 Å². The lowest BCUT2D eigenvalue weighted by molar-refractivity contribution is 0.223. The highest BCUT2D eigenvalue weighted by molar-refractivity contribution is 5.71. The molecule has 4 heterocycles. The van der Waals surface area contributed by atoms with Crippen LogP contribution in [-0.4, -0.2) is 27.2 Å². The highest BCUT2D eigenvalue weighted by atomic mass is 16.5. The van der Waals surface area contributed by atoms with E-state index in [-0.39, 0.29) is 27.4 Å². The van der Waals surface area contributed by atoms with Crippen LogP contribution in [0, 0.1) is 56.2 Å². The molecule has 288 valence electrons. The Kier molecular flexibility index (Phi) is 11.2. The van der Waals surface area contributed by atoms with Gasteiger partial charge in [-0.05, 0) is 113 Å². The van der Waals surface area contributed by atoms with Crippen molar-refractivity contribution in [2.45, 2.75) is 72.6 Å². The summed E-state index contributed by atoms with van der Waals surface area (Å²) in [5.41, 5.74) is 7.99. The molecule has 1 atom stereocenters. The van der Waals surface area contributed by atoms with E-state index in [9.17, 15) is 21.0 Å². The van der Waals surface area contributed by atoms with Crippen LogP contribution >= 0.6 is 0 Å². The second-order valence-electron chi connectivity index (χ2n) is 17.5. The predicted molar refractivity (Wildman–Crippen MR) is 227 cm³/mol. The maximum absolute atomic E-state index is 9.75. The summed E-state index contributed by atoms with van der Waals surface area (Å²) in [6.45, 7) is 15.0. The summed E-state index contributed by atoms with van der Waals surface area (Å²) in [5.74, 6) is 2.59. The first-order valence-corrected chi connectivity index (χ1v) is 19.4. The average Bonchev–Trinajstić information content (AvgIpc) is 3.17. The van der Waals surface area contributed by atoms with Gasteiger partial charge >= 0.3 is 0 Å². The summed E-state index contributed by atoms with van der Waals surface area (Å²) >= 11 is 0. The van der Waals surface area contributed by atoms with Crippen LogP contribution in [0.15, 0.2) is 118 Å². The number of ether oxygens (including phenoxy) is 2. The van der Waals surface area contributed by atoms with Gasteiger partial charge in [0.2, 0.25) is 0 Å². The first-order valence-electron chi connectivity index (χ1n) is 19.4. The molecule has 6 rings (SSSR count). The predicted octanol–water partition coefficient (Wildman–Crippen LogP) is 10.6. The number of hydrogen-bond donors (Lipinski definition) is 0. The van der Waals surface area contributed by atoms with Crippen molar-refractivity contribution in [2.75, 3.05) is 37.0 Å². The van der Waals surface area contributed by atoms with Crippen LogP contribution in [0.25, 0.3) is 12.2 Å². The van der Waals surface area contributed by atoms with Crippen LogP contribution < -0.4 is 9.80 Å². The molecule has 57 heavy (non-hydrogen) atoms. The van der Waals surface area contributed by atoms with E-state index < -0.39 is 0 Å². The van der Waals surface area contributed by atoms with Crippen molar-refractivity contribution >= 4 is 23.5 Å². The van der Waals surface area contributed by atoms with E-state index in [1.165, 1.54) is 16.8 Å². The minimum Gasteiger partial charge on any atom is -0.462 e. The van der Waals surface area contributed by atoms with Gasteiger partial charge in [-0.1, -0.05) is 65.8 Å². The molecule has 8 nitrogen and oxygen atoms in total. The Bertz CT molecular complexity index is 2360. The normalized spacial score (nSPS) is 19.7. The molecular formula is C49H50N6O2. The standard InChI is InChI=1S/C49H50N6O2/c1-47(2,3)45-26-36(39(30-52)31-53)25-42(57-45)16-12-34-21-37-27-49(6,32-55-20-19-48(4,5)44(22-34)46(37)55)18-17-43-24-35(38(28-50)29-51)23-41(56-43)15-11-33-9-13-40(14-10-33)54(7)8/h9-16,21-26H,17-20,27,32H2,1-8H3/b15-11+,16-12+. The molecule has 2 aromatic carbocycles. The minimum absolute atomic E-state index is 0.00135. The summed E-state index contributed by atoms with van der Waals surface area (Å²) in [6.07, 6.45) is 18.4. The van der Waals surface area contributed by atoms with E-state index in [2.05, 4.69) is 73.1 Å². The third kappa shape index (κ3) is 8.99. The molecule has 2 aromatic rings. The molecular weight excluding hydrogens is 705 g/mol. The molecule has 4 aliphatic heterocycles. The fraction of sp³-hybridized carbons (Fsp3) is 0.347. The van der Waals surface area contributed by atoms with E-state index >= 15 is 0 Å². The fourth-order valence-electron chi connectivity index (χ4n) is 7.82. The van der Waals surface area contributed by atoms with Gasteiger partial charge in [0, 0.05) is 61.5 Å². The summed E-state index contributed by atoms with van der Waals surface area (Å²) in [7, 11) is 4.02. The highest BCUT2D eigenvalue weighted by Crippen LogP contribution is 2.49. The van der Waals surface area contributed by atoms with Crippen LogP contribution in [0.3, 0.4) is 0 Å². The number of nitrogens with zero attached hydrogens (tertiary/aromatic N) is 6. The van der Waals surface area contributed by atoms with Crippen LogP contribution in [-0.2, 0) is 21.3 Å². The van der Waals surface area contributed by atoms with Crippen molar-refractivity contribution in [1.29, 1.82) is 21.0 Å². The number of allylic oxidation sites excluding steroid dienone is 12. The topological polar surface area (TPSA) is 120 Å². The average molecular weight is 755 g/mol. The molecule has 0 spiro atoms. The molecule has 4 aliphatic rings. The van der Waals surface area contributed by atoms with Gasteiger partial charge in [0.15, 0.2) is 0 Å². The quantitative estimate of drug-likeness (QED) is 0.244. The van der Waals surface area contributed by atoms with E-state index in [4.69, 9.17) is 9.47 Å². The molecule has 0 fully saturated rings. The minimum atomic E-state index is -0.319. The molecule has 8 heteroatoms. The summed E-state index contributed by atoms with van der Waals surface area (Å²) in [4.78, 5) is 4.61. The number of nitriles is 4. The largest absolute Gasteiger partial charge is 0.462 e. The van der Waals surface area contributed by atoms with Gasteiger partial charge in [-0.25, -0.2) is 0 Å². The zero-order chi connectivity index (χ0) is 41.1. The van der Waals surface area contributed by atoms with Crippen LogP contribution in [0.2, 0.25) is 0 Å². The Morgan fingerprint density at radius 1 is 0.789 bits per heavy atom. The number of rotatable bonds is 8. The number of benzene rings is 2. The molecule has 0 N–H and O–H groups in total. The lowest BCUT2D eigenvalue weighted by Gasteiger charge is -2.49. The van der Waals surface area contributed by atoms with Crippen molar-refractivity contribution in [3.63, 3.8) is 0 Å². The smallest absolute Gasteiger partial charge is 0.137 e. The third-order valence-electron chi connectivity index (χ3n) is 11.2. The summed E-state index contributed by atoms with van der Waals surface area (Å²) in [5, 5.41) is 38.7. The van der Waals surface area contributed by atoms with Crippen molar-refractivity contribution in [2.24, 2.45) is 10.8 Å². The van der Waals surface area contributed by atoms with Crippen LogP contribution in [0.1, 0.15) is 83.1 Å². The van der Waals surface area contributed by atoms with Crippen molar-refractivity contribution in [3.05, 3.63) is 140 Å². The summed E-state index contributed by atoms with van der Waals surface area (Å²) < 4.78 is 12.7. The monoisotopic (exact) mass is 754 g/mol. The zero-order valence-electron chi connectivity index (χ0n) is 34.3. The summed E-state index contributed by atoms with van der Waals surface area (Å²) in [6, 6.07) is 21.0. The molecule has 0 aromatic heterocycles. The Balaban J connectivity index is 1.26. The maximum atomic E-state index is 9.75.